The van der Waals surface area contributed by atoms with Crippen molar-refractivity contribution in [2.24, 2.45) is 5.73 Å². The van der Waals surface area contributed by atoms with Gasteiger partial charge in [0.15, 0.2) is 0 Å². The molecule has 0 aliphatic rings. The van der Waals surface area contributed by atoms with Crippen molar-refractivity contribution in [1.29, 1.82) is 5.26 Å². The van der Waals surface area contributed by atoms with Gasteiger partial charge in [0.1, 0.15) is 11.6 Å². The van der Waals surface area contributed by atoms with E-state index >= 15 is 4.39 Å². The fraction of sp³-hybridized carbons (Fsp3) is 0.333. The van der Waals surface area contributed by atoms with Crippen molar-refractivity contribution in [3.8, 4) is 17.2 Å². The molecular formula is C21H22F2N2O2. The fourth-order valence-electron chi connectivity index (χ4n) is 3.26. The zero-order valence-electron chi connectivity index (χ0n) is 15.8. The molecule has 0 amide bonds. The molecule has 6 heteroatoms. The van der Waals surface area contributed by atoms with Crippen molar-refractivity contribution in [3.05, 3.63) is 57.7 Å². The van der Waals surface area contributed by atoms with Gasteiger partial charge in [-0.05, 0) is 68.1 Å². The standard InChI is InChI=1S/C21H22F2N2O2/c1-5-27-17(26)9-16(25)19-20(22)13(4)8-15(21(19)23)18-11(2)6-14(10-24)7-12(18)3/h6-8,16H,5,9,25H2,1-4H3/t16-/m0/s1. The van der Waals surface area contributed by atoms with Gasteiger partial charge < -0.3 is 10.5 Å². The number of rotatable bonds is 5. The molecule has 0 bridgehead atoms. The van der Waals surface area contributed by atoms with Crippen LogP contribution in [-0.2, 0) is 9.53 Å². The van der Waals surface area contributed by atoms with E-state index in [9.17, 15) is 9.18 Å². The van der Waals surface area contributed by atoms with Crippen molar-refractivity contribution in [3.63, 3.8) is 0 Å². The maximum Gasteiger partial charge on any atom is 0.307 e. The number of nitrogens with two attached hydrogens (primary N) is 1. The Morgan fingerprint density at radius 1 is 1.15 bits per heavy atom. The second-order valence-electron chi connectivity index (χ2n) is 6.50. The molecule has 0 spiro atoms. The summed E-state index contributed by atoms with van der Waals surface area (Å²) in [6, 6.07) is 5.62. The summed E-state index contributed by atoms with van der Waals surface area (Å²) < 4.78 is 34.8. The van der Waals surface area contributed by atoms with E-state index in [1.54, 1.807) is 32.9 Å². The van der Waals surface area contributed by atoms with E-state index in [2.05, 4.69) is 6.07 Å². The third-order valence-electron chi connectivity index (χ3n) is 4.41. The van der Waals surface area contributed by atoms with E-state index in [4.69, 9.17) is 15.7 Å². The second-order valence-corrected chi connectivity index (χ2v) is 6.50. The summed E-state index contributed by atoms with van der Waals surface area (Å²) in [6.07, 6.45) is -0.324. The number of carbonyl (C=O) groups is 1. The van der Waals surface area contributed by atoms with Gasteiger partial charge in [-0.3, -0.25) is 4.79 Å². The normalized spacial score (nSPS) is 11.8. The fourth-order valence-corrected chi connectivity index (χ4v) is 3.26. The summed E-state index contributed by atoms with van der Waals surface area (Å²) in [5, 5.41) is 9.09. The number of halogens is 2. The minimum Gasteiger partial charge on any atom is -0.466 e. The van der Waals surface area contributed by atoms with E-state index in [0.717, 1.165) is 0 Å². The molecule has 4 nitrogen and oxygen atoms in total. The van der Waals surface area contributed by atoms with E-state index in [1.165, 1.54) is 13.0 Å². The highest BCUT2D eigenvalue weighted by molar-refractivity contribution is 5.75. The monoisotopic (exact) mass is 372 g/mol. The van der Waals surface area contributed by atoms with E-state index in [0.29, 0.717) is 22.3 Å². The van der Waals surface area contributed by atoms with Crippen LogP contribution in [0.2, 0.25) is 0 Å². The third kappa shape index (κ3) is 4.15. The maximum absolute atomic E-state index is 15.3. The van der Waals surface area contributed by atoms with E-state index in [1.807, 2.05) is 0 Å². The number of hydrogen-bond acceptors (Lipinski definition) is 4. The summed E-state index contributed by atoms with van der Waals surface area (Å²) in [5.41, 5.74) is 8.47. The molecule has 0 aliphatic carbocycles. The Morgan fingerprint density at radius 2 is 1.74 bits per heavy atom. The summed E-state index contributed by atoms with van der Waals surface area (Å²) in [7, 11) is 0. The van der Waals surface area contributed by atoms with Crippen LogP contribution in [-0.4, -0.2) is 12.6 Å². The molecule has 2 aromatic rings. The molecule has 0 aliphatic heterocycles. The first-order valence-corrected chi connectivity index (χ1v) is 8.62. The summed E-state index contributed by atoms with van der Waals surface area (Å²) in [6.45, 7) is 6.86. The number of nitriles is 1. The molecule has 1 atom stereocenters. The minimum atomic E-state index is -1.17. The zero-order chi connectivity index (χ0) is 20.3. The first-order chi connectivity index (χ1) is 12.7. The summed E-state index contributed by atoms with van der Waals surface area (Å²) in [4.78, 5) is 11.7. The number of aryl methyl sites for hydroxylation is 3. The van der Waals surface area contributed by atoms with Crippen LogP contribution in [0.25, 0.3) is 11.1 Å². The van der Waals surface area contributed by atoms with Crippen molar-refractivity contribution in [2.75, 3.05) is 6.61 Å². The molecule has 2 aromatic carbocycles. The lowest BCUT2D eigenvalue weighted by molar-refractivity contribution is -0.143. The van der Waals surface area contributed by atoms with Crippen LogP contribution in [0.4, 0.5) is 8.78 Å². The molecule has 0 radical (unpaired) electrons. The first kappa shape index (κ1) is 20.5. The van der Waals surface area contributed by atoms with Gasteiger partial charge in [0.2, 0.25) is 0 Å². The lowest BCUT2D eigenvalue weighted by Crippen LogP contribution is -2.20. The Bertz CT molecular complexity index is 910. The molecule has 2 rings (SSSR count). The van der Waals surface area contributed by atoms with Gasteiger partial charge in [0.05, 0.1) is 24.7 Å². The van der Waals surface area contributed by atoms with Crippen molar-refractivity contribution in [2.45, 2.75) is 40.2 Å². The van der Waals surface area contributed by atoms with Crippen LogP contribution >= 0.6 is 0 Å². The van der Waals surface area contributed by atoms with Gasteiger partial charge >= 0.3 is 5.97 Å². The predicted octanol–water partition coefficient (Wildman–Crippen LogP) is 4.38. The van der Waals surface area contributed by atoms with Gasteiger partial charge in [-0.2, -0.15) is 5.26 Å². The Labute approximate surface area is 157 Å². The van der Waals surface area contributed by atoms with Crippen LogP contribution in [0, 0.1) is 43.7 Å². The lowest BCUT2D eigenvalue weighted by atomic mass is 9.89. The minimum absolute atomic E-state index is 0.166. The molecule has 27 heavy (non-hydrogen) atoms. The summed E-state index contributed by atoms with van der Waals surface area (Å²) >= 11 is 0. The number of esters is 1. The Hall–Kier alpha value is -2.78. The molecule has 142 valence electrons. The average molecular weight is 372 g/mol. The lowest BCUT2D eigenvalue weighted by Gasteiger charge is -2.19. The smallest absolute Gasteiger partial charge is 0.307 e. The van der Waals surface area contributed by atoms with Crippen LogP contribution in [0.3, 0.4) is 0 Å². The SMILES string of the molecule is CCOC(=O)C[C@H](N)c1c(F)c(C)cc(-c2c(C)cc(C#N)cc2C)c1F. The Morgan fingerprint density at radius 3 is 2.26 bits per heavy atom. The quantitative estimate of drug-likeness (QED) is 0.790. The van der Waals surface area contributed by atoms with Crippen LogP contribution in [0.1, 0.15) is 47.2 Å². The first-order valence-electron chi connectivity index (χ1n) is 8.62. The van der Waals surface area contributed by atoms with Gasteiger partial charge in [-0.15, -0.1) is 0 Å². The highest BCUT2D eigenvalue weighted by atomic mass is 19.1. The molecule has 0 fully saturated rings. The molecule has 2 N–H and O–H groups in total. The van der Waals surface area contributed by atoms with Crippen LogP contribution in [0.5, 0.6) is 0 Å². The highest BCUT2D eigenvalue weighted by Crippen LogP contribution is 2.36. The third-order valence-corrected chi connectivity index (χ3v) is 4.41. The van der Waals surface area contributed by atoms with Crippen LogP contribution < -0.4 is 5.73 Å². The van der Waals surface area contributed by atoms with Crippen molar-refractivity contribution >= 4 is 5.97 Å². The number of nitrogens with zero attached hydrogens (tertiary/aromatic N) is 1. The predicted molar refractivity (Wildman–Crippen MR) is 98.9 cm³/mol. The number of carbonyl (C=O) groups excluding carboxylic acids is 1. The Kier molecular flexibility index (Phi) is 6.29. The second kappa shape index (κ2) is 8.28. The van der Waals surface area contributed by atoms with Gasteiger partial charge in [-0.1, -0.05) is 0 Å². The average Bonchev–Trinajstić information content (AvgIpc) is 2.58. The van der Waals surface area contributed by atoms with Gasteiger partial charge in [0.25, 0.3) is 0 Å². The Balaban J connectivity index is 2.64. The maximum atomic E-state index is 15.3. The highest BCUT2D eigenvalue weighted by Gasteiger charge is 2.26. The molecule has 0 saturated heterocycles. The van der Waals surface area contributed by atoms with Crippen LogP contribution in [0.15, 0.2) is 18.2 Å². The molecule has 0 saturated carbocycles. The number of hydrogen-bond donors (Lipinski definition) is 1. The van der Waals surface area contributed by atoms with Gasteiger partial charge in [-0.25, -0.2) is 8.78 Å². The number of benzene rings is 2. The molecule has 0 heterocycles. The number of ether oxygens (including phenoxy) is 1. The van der Waals surface area contributed by atoms with Crippen molar-refractivity contribution in [1.82, 2.24) is 0 Å². The zero-order valence-corrected chi connectivity index (χ0v) is 15.8. The molecular weight excluding hydrogens is 350 g/mol. The molecule has 0 aromatic heterocycles. The largest absolute Gasteiger partial charge is 0.466 e. The molecule has 0 unspecified atom stereocenters. The van der Waals surface area contributed by atoms with E-state index in [-0.39, 0.29) is 29.7 Å². The van der Waals surface area contributed by atoms with Crippen molar-refractivity contribution < 1.29 is 18.3 Å². The van der Waals surface area contributed by atoms with E-state index < -0.39 is 23.6 Å². The summed E-state index contributed by atoms with van der Waals surface area (Å²) in [5.74, 6) is -2.18. The topological polar surface area (TPSA) is 76.1 Å². The van der Waals surface area contributed by atoms with Gasteiger partial charge in [0, 0.05) is 17.2 Å².